The monoisotopic (exact) mass is 362 g/mol. The van der Waals surface area contributed by atoms with Gasteiger partial charge in [-0.3, -0.25) is 9.97 Å². The average molecular weight is 362 g/mol. The normalized spacial score (nSPS) is 18.1. The third-order valence-electron chi connectivity index (χ3n) is 4.21. The maximum atomic E-state index is 12.1. The average Bonchev–Trinajstić information content (AvgIpc) is 2.62. The summed E-state index contributed by atoms with van der Waals surface area (Å²) in [5, 5.41) is 3.31. The third kappa shape index (κ3) is 4.29. The number of aromatic nitrogens is 4. The molecule has 0 amide bonds. The van der Waals surface area contributed by atoms with Gasteiger partial charge in [-0.25, -0.2) is 18.4 Å². The van der Waals surface area contributed by atoms with Crippen molar-refractivity contribution in [3.05, 3.63) is 36.2 Å². The van der Waals surface area contributed by atoms with Crippen LogP contribution in [0, 0.1) is 0 Å². The highest BCUT2D eigenvalue weighted by atomic mass is 32.2. The summed E-state index contributed by atoms with van der Waals surface area (Å²) in [7, 11) is -1.52. The number of rotatable bonds is 5. The smallest absolute Gasteiger partial charge is 0.225 e. The highest BCUT2D eigenvalue weighted by molar-refractivity contribution is 7.90. The molecular formula is C16H22N6O2S. The number of hydrogen-bond acceptors (Lipinski definition) is 8. The fraction of sp³-hybridized carbons (Fsp3) is 0.500. The summed E-state index contributed by atoms with van der Waals surface area (Å²) < 4.78 is 24.3. The van der Waals surface area contributed by atoms with Gasteiger partial charge in [0.15, 0.2) is 9.84 Å². The molecule has 8 nitrogen and oxygen atoms in total. The molecule has 2 aromatic rings. The van der Waals surface area contributed by atoms with E-state index in [9.17, 15) is 8.42 Å². The van der Waals surface area contributed by atoms with Gasteiger partial charge in [0.25, 0.3) is 0 Å². The van der Waals surface area contributed by atoms with Gasteiger partial charge in [0.2, 0.25) is 5.95 Å². The van der Waals surface area contributed by atoms with Gasteiger partial charge in [-0.05, 0) is 19.4 Å². The fourth-order valence-corrected chi connectivity index (χ4v) is 3.78. The Hall–Kier alpha value is -2.13. The van der Waals surface area contributed by atoms with Crippen molar-refractivity contribution in [3.8, 4) is 0 Å². The largest absolute Gasteiger partial charge is 0.338 e. The molecule has 1 aliphatic heterocycles. The highest BCUT2D eigenvalue weighted by Gasteiger charge is 2.25. The molecule has 0 spiro atoms. The van der Waals surface area contributed by atoms with Crippen molar-refractivity contribution in [1.82, 2.24) is 25.3 Å². The van der Waals surface area contributed by atoms with Crippen LogP contribution in [0.4, 0.5) is 5.95 Å². The Morgan fingerprint density at radius 2 is 2.12 bits per heavy atom. The predicted octanol–water partition coefficient (Wildman–Crippen LogP) is 0.773. The van der Waals surface area contributed by atoms with Crippen LogP contribution in [-0.2, 0) is 16.4 Å². The van der Waals surface area contributed by atoms with Crippen molar-refractivity contribution in [2.45, 2.75) is 30.2 Å². The molecule has 0 unspecified atom stereocenters. The molecule has 1 saturated heterocycles. The van der Waals surface area contributed by atoms with Crippen molar-refractivity contribution in [2.75, 3.05) is 31.3 Å². The minimum atomic E-state index is -3.38. The Labute approximate surface area is 147 Å². The second-order valence-corrected chi connectivity index (χ2v) is 8.27. The first-order chi connectivity index (χ1) is 11.9. The lowest BCUT2D eigenvalue weighted by atomic mass is 9.96. The van der Waals surface area contributed by atoms with E-state index in [4.69, 9.17) is 0 Å². The molecule has 1 atom stereocenters. The summed E-state index contributed by atoms with van der Waals surface area (Å²) in [4.78, 5) is 19.2. The van der Waals surface area contributed by atoms with Crippen LogP contribution in [0.1, 0.15) is 30.1 Å². The van der Waals surface area contributed by atoms with Crippen molar-refractivity contribution in [1.29, 1.82) is 0 Å². The van der Waals surface area contributed by atoms with Crippen LogP contribution < -0.4 is 10.2 Å². The maximum Gasteiger partial charge on any atom is 0.225 e. The Balaban J connectivity index is 1.92. The second-order valence-electron chi connectivity index (χ2n) is 6.29. The van der Waals surface area contributed by atoms with E-state index in [1.807, 2.05) is 11.9 Å². The maximum absolute atomic E-state index is 12.1. The van der Waals surface area contributed by atoms with Crippen LogP contribution in [0.5, 0.6) is 0 Å². The minimum Gasteiger partial charge on any atom is -0.338 e. The van der Waals surface area contributed by atoms with Crippen LogP contribution in [0.3, 0.4) is 0 Å². The molecule has 2 aromatic heterocycles. The van der Waals surface area contributed by atoms with Gasteiger partial charge in [-0.1, -0.05) is 0 Å². The predicted molar refractivity (Wildman–Crippen MR) is 94.1 cm³/mol. The Bertz CT molecular complexity index is 822. The van der Waals surface area contributed by atoms with Gasteiger partial charge >= 0.3 is 0 Å². The van der Waals surface area contributed by atoms with E-state index in [1.54, 1.807) is 18.6 Å². The van der Waals surface area contributed by atoms with E-state index in [1.165, 1.54) is 12.5 Å². The number of sulfone groups is 1. The van der Waals surface area contributed by atoms with Crippen molar-refractivity contribution in [2.24, 2.45) is 0 Å². The number of anilines is 1. The standard InChI is InChI=1S/C16H22N6O2S/c1-22(11-13-9-18-6-7-19-13)16-20-10-14(25(2,23)24)15(21-16)12-4-3-5-17-8-12/h6-7,9-10,12,17H,3-5,8,11H2,1-2H3/t12-/m1/s1. The summed E-state index contributed by atoms with van der Waals surface area (Å²) in [6.45, 7) is 2.18. The molecule has 0 saturated carbocycles. The van der Waals surface area contributed by atoms with Crippen LogP contribution >= 0.6 is 0 Å². The third-order valence-corrected chi connectivity index (χ3v) is 5.32. The summed E-state index contributed by atoms with van der Waals surface area (Å²) in [6, 6.07) is 0. The molecule has 25 heavy (non-hydrogen) atoms. The zero-order valence-corrected chi connectivity index (χ0v) is 15.2. The number of hydrogen-bond donors (Lipinski definition) is 1. The van der Waals surface area contributed by atoms with Crippen LogP contribution in [0.25, 0.3) is 0 Å². The first kappa shape index (κ1) is 17.7. The van der Waals surface area contributed by atoms with Crippen LogP contribution in [0.15, 0.2) is 29.7 Å². The van der Waals surface area contributed by atoms with Gasteiger partial charge in [0.1, 0.15) is 4.90 Å². The lowest BCUT2D eigenvalue weighted by molar-refractivity contribution is 0.447. The molecular weight excluding hydrogens is 340 g/mol. The van der Waals surface area contributed by atoms with E-state index in [-0.39, 0.29) is 10.8 Å². The Kier molecular flexibility index (Phi) is 5.24. The van der Waals surface area contributed by atoms with E-state index in [0.29, 0.717) is 18.2 Å². The Morgan fingerprint density at radius 3 is 2.76 bits per heavy atom. The zero-order valence-electron chi connectivity index (χ0n) is 14.4. The molecule has 0 aromatic carbocycles. The SMILES string of the molecule is CN(Cc1cnccn1)c1ncc(S(C)(=O)=O)c([C@@H]2CCCNC2)n1. The summed E-state index contributed by atoms with van der Waals surface area (Å²) in [5.41, 5.74) is 1.40. The quantitative estimate of drug-likeness (QED) is 0.832. The van der Waals surface area contributed by atoms with Gasteiger partial charge in [0.05, 0.1) is 30.3 Å². The molecule has 0 bridgehead atoms. The molecule has 3 rings (SSSR count). The van der Waals surface area contributed by atoms with Crippen molar-refractivity contribution >= 4 is 15.8 Å². The first-order valence-corrected chi connectivity index (χ1v) is 10.1. The van der Waals surface area contributed by atoms with Crippen molar-refractivity contribution in [3.63, 3.8) is 0 Å². The first-order valence-electron chi connectivity index (χ1n) is 8.19. The molecule has 1 N–H and O–H groups in total. The number of nitrogens with zero attached hydrogens (tertiary/aromatic N) is 5. The highest BCUT2D eigenvalue weighted by Crippen LogP contribution is 2.28. The van der Waals surface area contributed by atoms with Gasteiger partial charge in [-0.2, -0.15) is 0 Å². The molecule has 3 heterocycles. The molecule has 134 valence electrons. The Morgan fingerprint density at radius 1 is 1.28 bits per heavy atom. The van der Waals surface area contributed by atoms with E-state index >= 15 is 0 Å². The van der Waals surface area contributed by atoms with Gasteiger partial charge in [0, 0.05) is 38.2 Å². The van der Waals surface area contributed by atoms with E-state index in [0.717, 1.165) is 31.6 Å². The topological polar surface area (TPSA) is 101 Å². The van der Waals surface area contributed by atoms with E-state index < -0.39 is 9.84 Å². The molecule has 0 aliphatic carbocycles. The number of nitrogens with one attached hydrogen (secondary N) is 1. The molecule has 1 aliphatic rings. The molecule has 0 radical (unpaired) electrons. The molecule has 9 heteroatoms. The fourth-order valence-electron chi connectivity index (χ4n) is 2.95. The second kappa shape index (κ2) is 7.40. The lowest BCUT2D eigenvalue weighted by Crippen LogP contribution is -2.30. The zero-order chi connectivity index (χ0) is 17.9. The van der Waals surface area contributed by atoms with Gasteiger partial charge < -0.3 is 10.2 Å². The summed E-state index contributed by atoms with van der Waals surface area (Å²) >= 11 is 0. The lowest BCUT2D eigenvalue weighted by Gasteiger charge is -2.25. The van der Waals surface area contributed by atoms with Gasteiger partial charge in [-0.15, -0.1) is 0 Å². The summed E-state index contributed by atoms with van der Waals surface area (Å²) in [5.74, 6) is 0.559. The minimum absolute atomic E-state index is 0.0742. The van der Waals surface area contributed by atoms with E-state index in [2.05, 4.69) is 25.3 Å². The molecule has 1 fully saturated rings. The van der Waals surface area contributed by atoms with Crippen LogP contribution in [0.2, 0.25) is 0 Å². The number of piperidine rings is 1. The van der Waals surface area contributed by atoms with Crippen molar-refractivity contribution < 1.29 is 8.42 Å². The van der Waals surface area contributed by atoms with Crippen LogP contribution in [-0.4, -0.2) is 54.7 Å². The summed E-state index contributed by atoms with van der Waals surface area (Å²) in [6.07, 6.45) is 9.49.